The number of hydrogen-bond donors (Lipinski definition) is 2. The molecule has 1 aliphatic heterocycles. The zero-order chi connectivity index (χ0) is 20.4. The van der Waals surface area contributed by atoms with E-state index in [-0.39, 0.29) is 17.6 Å². The Bertz CT molecular complexity index is 756. The average Bonchev–Trinajstić information content (AvgIpc) is 2.95. The summed E-state index contributed by atoms with van der Waals surface area (Å²) in [5.74, 6) is 0.312. The largest absolute Gasteiger partial charge is 0.483 e. The summed E-state index contributed by atoms with van der Waals surface area (Å²) >= 11 is 0. The van der Waals surface area contributed by atoms with Crippen LogP contribution in [-0.2, 0) is 14.3 Å². The Labute approximate surface area is 170 Å². The molecule has 0 aromatic heterocycles. The number of unbranched alkanes of at least 4 members (excludes halogenated alkanes) is 5. The molecule has 0 saturated heterocycles. The second-order valence-electron chi connectivity index (χ2n) is 7.11. The van der Waals surface area contributed by atoms with Crippen molar-refractivity contribution < 1.29 is 14.3 Å². The summed E-state index contributed by atoms with van der Waals surface area (Å²) in [4.78, 5) is 25.2. The SMILES string of the molecule is CCCCCCCCC1=S(C)C(=O)C=C1OCC(=O)NNc1cccc(C)c1. The zero-order valence-electron chi connectivity index (χ0n) is 17.2. The number of hydrazine groups is 1. The van der Waals surface area contributed by atoms with Crippen LogP contribution in [0.1, 0.15) is 57.4 Å². The van der Waals surface area contributed by atoms with Gasteiger partial charge in [0.05, 0.1) is 5.69 Å². The van der Waals surface area contributed by atoms with Gasteiger partial charge in [-0.25, -0.2) is 0 Å². The third-order valence-corrected chi connectivity index (χ3v) is 6.54. The monoisotopic (exact) mass is 404 g/mol. The molecule has 6 heteroatoms. The van der Waals surface area contributed by atoms with Crippen LogP contribution in [0.5, 0.6) is 0 Å². The molecule has 1 aliphatic rings. The lowest BCUT2D eigenvalue weighted by atomic mass is 10.1. The number of allylic oxidation sites excluding steroid dienone is 1. The van der Waals surface area contributed by atoms with Gasteiger partial charge in [0, 0.05) is 10.9 Å². The molecule has 0 radical (unpaired) electrons. The van der Waals surface area contributed by atoms with Crippen LogP contribution >= 0.6 is 10.5 Å². The molecular formula is C22H32N2O3S. The van der Waals surface area contributed by atoms with Crippen LogP contribution in [0.4, 0.5) is 5.69 Å². The number of carbonyl (C=O) groups is 2. The molecule has 0 spiro atoms. The van der Waals surface area contributed by atoms with Crippen molar-refractivity contribution in [1.29, 1.82) is 0 Å². The van der Waals surface area contributed by atoms with Crippen LogP contribution in [0.3, 0.4) is 0 Å². The van der Waals surface area contributed by atoms with Crippen molar-refractivity contribution in [3.63, 3.8) is 0 Å². The maximum atomic E-state index is 12.1. The highest BCUT2D eigenvalue weighted by Crippen LogP contribution is 2.28. The lowest BCUT2D eigenvalue weighted by molar-refractivity contribution is -0.123. The average molecular weight is 405 g/mol. The molecular weight excluding hydrogens is 372 g/mol. The van der Waals surface area contributed by atoms with Gasteiger partial charge in [-0.05, 0) is 43.7 Å². The number of hydrogen-bond acceptors (Lipinski definition) is 4. The topological polar surface area (TPSA) is 67.4 Å². The van der Waals surface area contributed by atoms with Crippen molar-refractivity contribution in [2.45, 2.75) is 58.8 Å². The molecule has 0 fully saturated rings. The fourth-order valence-electron chi connectivity index (χ4n) is 3.06. The lowest BCUT2D eigenvalue weighted by Gasteiger charge is -2.13. The second kappa shape index (κ2) is 11.7. The van der Waals surface area contributed by atoms with Gasteiger partial charge >= 0.3 is 0 Å². The number of aryl methyl sites for hydroxylation is 1. The third kappa shape index (κ3) is 7.15. The molecule has 1 aromatic carbocycles. The normalized spacial score (nSPS) is 16.1. The summed E-state index contributed by atoms with van der Waals surface area (Å²) in [6, 6.07) is 7.72. The number of ether oxygens (including phenoxy) is 1. The number of benzene rings is 1. The van der Waals surface area contributed by atoms with E-state index in [4.69, 9.17) is 4.74 Å². The van der Waals surface area contributed by atoms with Crippen LogP contribution in [0.2, 0.25) is 0 Å². The van der Waals surface area contributed by atoms with Crippen molar-refractivity contribution in [2.75, 3.05) is 18.3 Å². The highest BCUT2D eigenvalue weighted by atomic mass is 32.2. The van der Waals surface area contributed by atoms with Gasteiger partial charge < -0.3 is 4.74 Å². The fraction of sp³-hybridized carbons (Fsp3) is 0.500. The quantitative estimate of drug-likeness (QED) is 0.301. The number of amides is 1. The van der Waals surface area contributed by atoms with E-state index >= 15 is 0 Å². The summed E-state index contributed by atoms with van der Waals surface area (Å²) < 4.78 is 5.68. The molecule has 28 heavy (non-hydrogen) atoms. The van der Waals surface area contributed by atoms with Gasteiger partial charge in [-0.1, -0.05) is 51.2 Å². The summed E-state index contributed by atoms with van der Waals surface area (Å²) in [5, 5.41) is 0.0919. The van der Waals surface area contributed by atoms with E-state index in [9.17, 15) is 9.59 Å². The predicted octanol–water partition coefficient (Wildman–Crippen LogP) is 4.70. The number of rotatable bonds is 12. The Kier molecular flexibility index (Phi) is 9.28. The number of nitrogens with one attached hydrogen (secondary N) is 2. The van der Waals surface area contributed by atoms with Crippen molar-refractivity contribution >= 4 is 32.1 Å². The van der Waals surface area contributed by atoms with Gasteiger partial charge in [-0.2, -0.15) is 0 Å². The van der Waals surface area contributed by atoms with Crippen molar-refractivity contribution in [1.82, 2.24) is 5.43 Å². The van der Waals surface area contributed by atoms with Crippen LogP contribution in [0.25, 0.3) is 0 Å². The maximum Gasteiger partial charge on any atom is 0.276 e. The molecule has 1 aromatic rings. The van der Waals surface area contributed by atoms with E-state index in [1.165, 1.54) is 32.1 Å². The minimum atomic E-state index is -0.432. The molecule has 5 nitrogen and oxygen atoms in total. The van der Waals surface area contributed by atoms with E-state index in [1.807, 2.05) is 37.4 Å². The Morgan fingerprint density at radius 2 is 1.89 bits per heavy atom. The number of anilines is 1. The smallest absolute Gasteiger partial charge is 0.276 e. The first-order chi connectivity index (χ1) is 13.5. The highest BCUT2D eigenvalue weighted by Gasteiger charge is 2.22. The van der Waals surface area contributed by atoms with Gasteiger partial charge in [-0.3, -0.25) is 20.4 Å². The Morgan fingerprint density at radius 1 is 1.14 bits per heavy atom. The molecule has 154 valence electrons. The van der Waals surface area contributed by atoms with E-state index in [1.54, 1.807) is 6.08 Å². The van der Waals surface area contributed by atoms with Crippen molar-refractivity contribution in [3.05, 3.63) is 41.7 Å². The lowest BCUT2D eigenvalue weighted by Crippen LogP contribution is -2.32. The summed E-state index contributed by atoms with van der Waals surface area (Å²) in [7, 11) is -0.432. The van der Waals surface area contributed by atoms with Gasteiger partial charge in [0.1, 0.15) is 5.76 Å². The first kappa shape index (κ1) is 22.2. The minimum Gasteiger partial charge on any atom is -0.483 e. The van der Waals surface area contributed by atoms with Crippen molar-refractivity contribution in [3.8, 4) is 0 Å². The molecule has 2 N–H and O–H groups in total. The van der Waals surface area contributed by atoms with E-state index in [0.717, 1.165) is 29.0 Å². The molecule has 0 aliphatic carbocycles. The van der Waals surface area contributed by atoms with Crippen LogP contribution in [0.15, 0.2) is 36.1 Å². The Hall–Kier alpha value is -2.08. The standard InChI is InChI=1S/C22H32N2O3S/c1-4-5-6-7-8-9-13-20-19(15-22(26)28(20)3)27-16-21(25)24-23-18-12-10-11-17(2)14-18/h10-12,14-15,23H,4-9,13,16H2,1-3H3,(H,24,25). The van der Waals surface area contributed by atoms with Crippen LogP contribution in [0, 0.1) is 6.92 Å². The van der Waals surface area contributed by atoms with Crippen LogP contribution in [-0.4, -0.2) is 28.7 Å². The molecule has 0 saturated carbocycles. The summed E-state index contributed by atoms with van der Waals surface area (Å²) in [6.07, 6.45) is 11.6. The molecule has 1 unspecified atom stereocenters. The van der Waals surface area contributed by atoms with Gasteiger partial charge in [0.2, 0.25) is 5.12 Å². The molecule has 1 heterocycles. The first-order valence-corrected chi connectivity index (χ1v) is 11.7. The van der Waals surface area contributed by atoms with Crippen LogP contribution < -0.4 is 10.9 Å². The molecule has 2 rings (SSSR count). The van der Waals surface area contributed by atoms with Gasteiger partial charge in [0.15, 0.2) is 6.61 Å². The number of carbonyl (C=O) groups excluding carboxylic acids is 2. The molecule has 0 bridgehead atoms. The van der Waals surface area contributed by atoms with Gasteiger partial charge in [-0.15, -0.1) is 10.5 Å². The fourth-order valence-corrected chi connectivity index (χ4v) is 4.45. The Morgan fingerprint density at radius 3 is 2.64 bits per heavy atom. The minimum absolute atomic E-state index is 0.0919. The van der Waals surface area contributed by atoms with E-state index < -0.39 is 10.5 Å². The van der Waals surface area contributed by atoms with E-state index in [0.29, 0.717) is 5.76 Å². The second-order valence-corrected chi connectivity index (χ2v) is 9.03. The predicted molar refractivity (Wildman–Crippen MR) is 119 cm³/mol. The summed E-state index contributed by atoms with van der Waals surface area (Å²) in [6.45, 7) is 4.09. The third-order valence-electron chi connectivity index (χ3n) is 4.68. The maximum absolute atomic E-state index is 12.1. The van der Waals surface area contributed by atoms with Gasteiger partial charge in [0.25, 0.3) is 5.91 Å². The van der Waals surface area contributed by atoms with E-state index in [2.05, 4.69) is 17.8 Å². The zero-order valence-corrected chi connectivity index (χ0v) is 18.0. The highest BCUT2D eigenvalue weighted by molar-refractivity contribution is 8.29. The van der Waals surface area contributed by atoms with Crippen molar-refractivity contribution in [2.24, 2.45) is 0 Å². The molecule has 1 atom stereocenters. The Balaban J connectivity index is 1.77. The summed E-state index contributed by atoms with van der Waals surface area (Å²) in [5.41, 5.74) is 7.42. The molecule has 1 amide bonds. The first-order valence-electron chi connectivity index (χ1n) is 10.0.